The molecule has 1 heterocycles. The van der Waals surface area contributed by atoms with Crippen molar-refractivity contribution in [2.75, 3.05) is 43.8 Å². The number of hydrogen-bond donors (Lipinski definition) is 2. The maximum Gasteiger partial charge on any atom is 0.238 e. The molecule has 0 bridgehead atoms. The van der Waals surface area contributed by atoms with E-state index in [1.54, 1.807) is 6.07 Å². The lowest BCUT2D eigenvalue weighted by Crippen LogP contribution is -2.51. The molecule has 0 aliphatic carbocycles. The Balaban J connectivity index is 1.77. The number of carbonyl (C=O) groups is 1. The predicted octanol–water partition coefficient (Wildman–Crippen LogP) is 1.62. The number of hydrogen-bond acceptors (Lipinski definition) is 4. The van der Waals surface area contributed by atoms with Crippen LogP contribution in [0, 0.1) is 0 Å². The molecule has 1 unspecified atom stereocenters. The van der Waals surface area contributed by atoms with E-state index in [0.29, 0.717) is 18.3 Å². The third-order valence-corrected chi connectivity index (χ3v) is 4.16. The van der Waals surface area contributed by atoms with Gasteiger partial charge in [0.2, 0.25) is 5.91 Å². The summed E-state index contributed by atoms with van der Waals surface area (Å²) in [4.78, 5) is 16.8. The monoisotopic (exact) mass is 290 g/mol. The molecule has 0 spiro atoms. The van der Waals surface area contributed by atoms with Gasteiger partial charge in [-0.25, -0.2) is 0 Å². The molecule has 5 heteroatoms. The molecule has 3 N–H and O–H groups in total. The van der Waals surface area contributed by atoms with Gasteiger partial charge >= 0.3 is 0 Å². The van der Waals surface area contributed by atoms with Crippen LogP contribution in [-0.2, 0) is 4.79 Å². The van der Waals surface area contributed by atoms with Gasteiger partial charge in [-0.15, -0.1) is 0 Å². The standard InChI is InChI=1S/C16H26N4O/c1-3-13(2)20-9-7-19(8-10-20)12-16(21)18-15-6-4-5-14(17)11-15/h4-6,11,13H,3,7-10,12,17H2,1-2H3,(H,18,21). The van der Waals surface area contributed by atoms with Gasteiger partial charge in [0.15, 0.2) is 0 Å². The minimum absolute atomic E-state index is 0.0255. The Morgan fingerprint density at radius 2 is 2.05 bits per heavy atom. The van der Waals surface area contributed by atoms with Gasteiger partial charge in [-0.3, -0.25) is 14.6 Å². The van der Waals surface area contributed by atoms with Crippen molar-refractivity contribution < 1.29 is 4.79 Å². The molecule has 1 aromatic carbocycles. The van der Waals surface area contributed by atoms with Crippen LogP contribution in [0.2, 0.25) is 0 Å². The number of anilines is 2. The topological polar surface area (TPSA) is 61.6 Å². The van der Waals surface area contributed by atoms with Gasteiger partial charge in [-0.2, -0.15) is 0 Å². The van der Waals surface area contributed by atoms with Gasteiger partial charge in [0.25, 0.3) is 0 Å². The molecule has 1 aliphatic heterocycles. The minimum Gasteiger partial charge on any atom is -0.399 e. The molecular weight excluding hydrogens is 264 g/mol. The minimum atomic E-state index is 0.0255. The lowest BCUT2D eigenvalue weighted by molar-refractivity contribution is -0.117. The zero-order valence-electron chi connectivity index (χ0n) is 13.0. The van der Waals surface area contributed by atoms with E-state index in [2.05, 4.69) is 29.0 Å². The summed E-state index contributed by atoms with van der Waals surface area (Å²) in [5.41, 5.74) is 7.13. The van der Waals surface area contributed by atoms with Crippen molar-refractivity contribution in [1.82, 2.24) is 9.80 Å². The van der Waals surface area contributed by atoms with E-state index in [1.807, 2.05) is 18.2 Å². The first-order chi connectivity index (χ1) is 10.1. The Hall–Kier alpha value is -1.59. The van der Waals surface area contributed by atoms with Gasteiger partial charge in [-0.1, -0.05) is 13.0 Å². The van der Waals surface area contributed by atoms with Crippen LogP contribution in [0.1, 0.15) is 20.3 Å². The Morgan fingerprint density at radius 3 is 2.67 bits per heavy atom. The number of amides is 1. The van der Waals surface area contributed by atoms with E-state index in [1.165, 1.54) is 6.42 Å². The second kappa shape index (κ2) is 7.43. The van der Waals surface area contributed by atoms with E-state index in [-0.39, 0.29) is 5.91 Å². The van der Waals surface area contributed by atoms with Crippen LogP contribution < -0.4 is 11.1 Å². The summed E-state index contributed by atoms with van der Waals surface area (Å²) in [7, 11) is 0. The van der Waals surface area contributed by atoms with Crippen LogP contribution in [0.25, 0.3) is 0 Å². The van der Waals surface area contributed by atoms with Crippen molar-refractivity contribution >= 4 is 17.3 Å². The molecule has 1 aromatic rings. The predicted molar refractivity (Wildman–Crippen MR) is 87.3 cm³/mol. The third-order valence-electron chi connectivity index (χ3n) is 4.16. The zero-order chi connectivity index (χ0) is 15.2. The highest BCUT2D eigenvalue weighted by Crippen LogP contribution is 2.12. The Kier molecular flexibility index (Phi) is 5.59. The quantitative estimate of drug-likeness (QED) is 0.809. The molecule has 1 amide bonds. The summed E-state index contributed by atoms with van der Waals surface area (Å²) in [6, 6.07) is 7.92. The van der Waals surface area contributed by atoms with Gasteiger partial charge in [0, 0.05) is 43.6 Å². The van der Waals surface area contributed by atoms with Crippen LogP contribution in [0.4, 0.5) is 11.4 Å². The van der Waals surface area contributed by atoms with Crippen molar-refractivity contribution in [2.45, 2.75) is 26.3 Å². The molecule has 0 aromatic heterocycles. The molecule has 116 valence electrons. The van der Waals surface area contributed by atoms with Gasteiger partial charge in [-0.05, 0) is 31.5 Å². The normalized spacial score (nSPS) is 18.4. The van der Waals surface area contributed by atoms with Gasteiger partial charge < -0.3 is 11.1 Å². The third kappa shape index (κ3) is 4.72. The van der Waals surface area contributed by atoms with E-state index in [0.717, 1.165) is 31.9 Å². The molecule has 2 rings (SSSR count). The van der Waals surface area contributed by atoms with Crippen molar-refractivity contribution in [2.24, 2.45) is 0 Å². The molecule has 0 radical (unpaired) electrons. The molecule has 1 atom stereocenters. The first kappa shape index (κ1) is 15.8. The molecule has 5 nitrogen and oxygen atoms in total. The number of nitrogens with two attached hydrogens (primary N) is 1. The summed E-state index contributed by atoms with van der Waals surface area (Å²) in [5, 5.41) is 2.90. The fourth-order valence-corrected chi connectivity index (χ4v) is 2.64. The molecule has 1 aliphatic rings. The number of benzene rings is 1. The average Bonchev–Trinajstić information content (AvgIpc) is 2.47. The van der Waals surface area contributed by atoms with Crippen LogP contribution >= 0.6 is 0 Å². The smallest absolute Gasteiger partial charge is 0.238 e. The highest BCUT2D eigenvalue weighted by atomic mass is 16.2. The summed E-state index contributed by atoms with van der Waals surface area (Å²) in [6.45, 7) is 8.92. The molecule has 0 saturated carbocycles. The maximum atomic E-state index is 12.1. The Morgan fingerprint density at radius 1 is 1.33 bits per heavy atom. The number of nitrogen functional groups attached to an aromatic ring is 1. The number of piperazine rings is 1. The van der Waals surface area contributed by atoms with Crippen LogP contribution in [0.5, 0.6) is 0 Å². The second-order valence-corrected chi connectivity index (χ2v) is 5.74. The number of nitrogens with one attached hydrogen (secondary N) is 1. The van der Waals surface area contributed by atoms with E-state index < -0.39 is 0 Å². The van der Waals surface area contributed by atoms with Crippen molar-refractivity contribution in [3.05, 3.63) is 24.3 Å². The highest BCUT2D eigenvalue weighted by molar-refractivity contribution is 5.92. The largest absolute Gasteiger partial charge is 0.399 e. The number of nitrogens with zero attached hydrogens (tertiary/aromatic N) is 2. The molecule has 1 fully saturated rings. The van der Waals surface area contributed by atoms with Gasteiger partial charge in [0.1, 0.15) is 0 Å². The summed E-state index contributed by atoms with van der Waals surface area (Å²) < 4.78 is 0. The lowest BCUT2D eigenvalue weighted by Gasteiger charge is -2.37. The second-order valence-electron chi connectivity index (χ2n) is 5.74. The molecule has 1 saturated heterocycles. The van der Waals surface area contributed by atoms with Crippen molar-refractivity contribution in [1.29, 1.82) is 0 Å². The van der Waals surface area contributed by atoms with E-state index in [4.69, 9.17) is 5.73 Å². The Bertz CT molecular complexity index is 469. The molecule has 21 heavy (non-hydrogen) atoms. The fourth-order valence-electron chi connectivity index (χ4n) is 2.64. The maximum absolute atomic E-state index is 12.1. The Labute approximate surface area is 127 Å². The first-order valence-corrected chi connectivity index (χ1v) is 7.70. The van der Waals surface area contributed by atoms with Crippen molar-refractivity contribution in [3.8, 4) is 0 Å². The number of rotatable bonds is 5. The fraction of sp³-hybridized carbons (Fsp3) is 0.562. The summed E-state index contributed by atoms with van der Waals surface area (Å²) >= 11 is 0. The van der Waals surface area contributed by atoms with Crippen LogP contribution in [-0.4, -0.2) is 54.5 Å². The highest BCUT2D eigenvalue weighted by Gasteiger charge is 2.21. The molecular formula is C16H26N4O. The first-order valence-electron chi connectivity index (χ1n) is 7.70. The zero-order valence-corrected chi connectivity index (χ0v) is 13.0. The van der Waals surface area contributed by atoms with Gasteiger partial charge in [0.05, 0.1) is 6.54 Å². The van der Waals surface area contributed by atoms with Crippen LogP contribution in [0.3, 0.4) is 0 Å². The van der Waals surface area contributed by atoms with Crippen molar-refractivity contribution in [3.63, 3.8) is 0 Å². The number of carbonyl (C=O) groups excluding carboxylic acids is 1. The summed E-state index contributed by atoms with van der Waals surface area (Å²) in [6.07, 6.45) is 1.18. The lowest BCUT2D eigenvalue weighted by atomic mass is 10.2. The van der Waals surface area contributed by atoms with E-state index >= 15 is 0 Å². The average molecular weight is 290 g/mol. The SMILES string of the molecule is CCC(C)N1CCN(CC(=O)Nc2cccc(N)c2)CC1. The van der Waals surface area contributed by atoms with E-state index in [9.17, 15) is 4.79 Å². The van der Waals surface area contributed by atoms with Crippen LogP contribution in [0.15, 0.2) is 24.3 Å². The summed E-state index contributed by atoms with van der Waals surface area (Å²) in [5.74, 6) is 0.0255.